The van der Waals surface area contributed by atoms with Crippen molar-refractivity contribution in [1.29, 1.82) is 0 Å². The molecule has 4 rings (SSSR count). The summed E-state index contributed by atoms with van der Waals surface area (Å²) in [6.45, 7) is 6.52. The number of fused-ring (bicyclic) bond motifs is 1. The molecule has 29 heavy (non-hydrogen) atoms. The van der Waals surface area contributed by atoms with Gasteiger partial charge in [0.05, 0.1) is 5.52 Å². The molecule has 144 valence electrons. The number of benzene rings is 3. The fraction of sp³-hybridized carbons (Fsp3) is 0.154. The van der Waals surface area contributed by atoms with E-state index in [4.69, 9.17) is 0 Å². The Balaban J connectivity index is 1.50. The molecule has 3 heteroatoms. The van der Waals surface area contributed by atoms with E-state index in [1.807, 2.05) is 60.8 Å². The lowest BCUT2D eigenvalue weighted by Crippen LogP contribution is -2.13. The van der Waals surface area contributed by atoms with Crippen LogP contribution in [0.2, 0.25) is 0 Å². The Hall–Kier alpha value is -3.46. The van der Waals surface area contributed by atoms with E-state index < -0.39 is 0 Å². The van der Waals surface area contributed by atoms with Gasteiger partial charge < -0.3 is 5.32 Å². The SMILES string of the molecule is CC(C)(C)c1ccc(NC(=O)c2ccc(-c3cnc4ccccc4c3)cc2)cc1. The van der Waals surface area contributed by atoms with Crippen LogP contribution in [0.25, 0.3) is 22.0 Å². The van der Waals surface area contributed by atoms with Gasteiger partial charge in [-0.05, 0) is 52.9 Å². The van der Waals surface area contributed by atoms with Gasteiger partial charge in [-0.1, -0.05) is 63.2 Å². The van der Waals surface area contributed by atoms with Gasteiger partial charge in [-0.15, -0.1) is 0 Å². The monoisotopic (exact) mass is 380 g/mol. The Morgan fingerprint density at radius 2 is 1.52 bits per heavy atom. The summed E-state index contributed by atoms with van der Waals surface area (Å²) in [4.78, 5) is 17.1. The summed E-state index contributed by atoms with van der Waals surface area (Å²) in [6.07, 6.45) is 1.87. The van der Waals surface area contributed by atoms with Crippen molar-refractivity contribution in [3.63, 3.8) is 0 Å². The van der Waals surface area contributed by atoms with Gasteiger partial charge in [-0.2, -0.15) is 0 Å². The summed E-state index contributed by atoms with van der Waals surface area (Å²) >= 11 is 0. The van der Waals surface area contributed by atoms with Crippen molar-refractivity contribution in [1.82, 2.24) is 4.98 Å². The Kier molecular flexibility index (Phi) is 4.89. The first kappa shape index (κ1) is 18.9. The molecule has 3 nitrogen and oxygen atoms in total. The zero-order valence-electron chi connectivity index (χ0n) is 16.9. The number of para-hydroxylation sites is 1. The molecule has 0 saturated heterocycles. The van der Waals surface area contributed by atoms with Crippen LogP contribution in [0.3, 0.4) is 0 Å². The fourth-order valence-corrected chi connectivity index (χ4v) is 3.30. The normalized spacial score (nSPS) is 11.4. The highest BCUT2D eigenvalue weighted by Crippen LogP contribution is 2.25. The molecule has 0 aliphatic rings. The van der Waals surface area contributed by atoms with E-state index in [-0.39, 0.29) is 11.3 Å². The highest BCUT2D eigenvalue weighted by molar-refractivity contribution is 6.04. The predicted molar refractivity (Wildman–Crippen MR) is 120 cm³/mol. The third-order valence-corrected chi connectivity index (χ3v) is 5.08. The molecule has 0 saturated carbocycles. The predicted octanol–water partition coefficient (Wildman–Crippen LogP) is 6.45. The molecule has 0 fully saturated rings. The Labute approximate surface area is 171 Å². The molecule has 0 unspecified atom stereocenters. The molecule has 0 atom stereocenters. The van der Waals surface area contributed by atoms with Crippen LogP contribution in [0.4, 0.5) is 5.69 Å². The van der Waals surface area contributed by atoms with Gasteiger partial charge in [0, 0.05) is 28.4 Å². The number of amides is 1. The van der Waals surface area contributed by atoms with Crippen molar-refractivity contribution in [2.45, 2.75) is 26.2 Å². The molecule has 1 amide bonds. The summed E-state index contributed by atoms with van der Waals surface area (Å²) < 4.78 is 0. The topological polar surface area (TPSA) is 42.0 Å². The van der Waals surface area contributed by atoms with Crippen LogP contribution in [0.1, 0.15) is 36.7 Å². The minimum atomic E-state index is -0.114. The quantitative estimate of drug-likeness (QED) is 0.444. The molecule has 0 aliphatic heterocycles. The third-order valence-electron chi connectivity index (χ3n) is 5.08. The number of nitrogens with one attached hydrogen (secondary N) is 1. The van der Waals surface area contributed by atoms with Crippen molar-refractivity contribution in [2.75, 3.05) is 5.32 Å². The maximum Gasteiger partial charge on any atom is 0.255 e. The number of anilines is 1. The molecule has 1 aromatic heterocycles. The van der Waals surface area contributed by atoms with E-state index in [9.17, 15) is 4.79 Å². The van der Waals surface area contributed by atoms with Gasteiger partial charge in [0.2, 0.25) is 0 Å². The zero-order chi connectivity index (χ0) is 20.4. The summed E-state index contributed by atoms with van der Waals surface area (Å²) in [7, 11) is 0. The van der Waals surface area contributed by atoms with Crippen molar-refractivity contribution in [2.24, 2.45) is 0 Å². The van der Waals surface area contributed by atoms with Crippen LogP contribution in [-0.4, -0.2) is 10.9 Å². The highest BCUT2D eigenvalue weighted by atomic mass is 16.1. The Morgan fingerprint density at radius 3 is 2.21 bits per heavy atom. The second kappa shape index (κ2) is 7.51. The van der Waals surface area contributed by atoms with Crippen molar-refractivity contribution in [3.05, 3.63) is 96.2 Å². The molecule has 1 heterocycles. The molecule has 4 aromatic rings. The van der Waals surface area contributed by atoms with Crippen LogP contribution in [-0.2, 0) is 5.41 Å². The maximum absolute atomic E-state index is 12.6. The van der Waals surface area contributed by atoms with E-state index in [1.165, 1.54) is 5.56 Å². The largest absolute Gasteiger partial charge is 0.322 e. The lowest BCUT2D eigenvalue weighted by molar-refractivity contribution is 0.102. The maximum atomic E-state index is 12.6. The highest BCUT2D eigenvalue weighted by Gasteiger charge is 2.13. The van der Waals surface area contributed by atoms with Crippen LogP contribution >= 0.6 is 0 Å². The molecule has 0 radical (unpaired) electrons. The van der Waals surface area contributed by atoms with Gasteiger partial charge in [0.25, 0.3) is 5.91 Å². The molecular formula is C26H24N2O. The van der Waals surface area contributed by atoms with Crippen molar-refractivity contribution in [3.8, 4) is 11.1 Å². The van der Waals surface area contributed by atoms with Gasteiger partial charge in [0.15, 0.2) is 0 Å². The van der Waals surface area contributed by atoms with E-state index in [2.05, 4.69) is 55.3 Å². The number of rotatable bonds is 3. The molecular weight excluding hydrogens is 356 g/mol. The van der Waals surface area contributed by atoms with Crippen molar-refractivity contribution < 1.29 is 4.79 Å². The van der Waals surface area contributed by atoms with Gasteiger partial charge in [0.1, 0.15) is 0 Å². The first-order valence-electron chi connectivity index (χ1n) is 9.77. The third kappa shape index (κ3) is 4.19. The molecule has 0 bridgehead atoms. The molecule has 3 aromatic carbocycles. The average molecular weight is 380 g/mol. The summed E-state index contributed by atoms with van der Waals surface area (Å²) in [5, 5.41) is 4.07. The molecule has 1 N–H and O–H groups in total. The number of pyridine rings is 1. The lowest BCUT2D eigenvalue weighted by Gasteiger charge is -2.19. The van der Waals surface area contributed by atoms with E-state index in [0.29, 0.717) is 5.56 Å². The van der Waals surface area contributed by atoms with E-state index in [1.54, 1.807) is 0 Å². The Morgan fingerprint density at radius 1 is 0.828 bits per heavy atom. The second-order valence-corrected chi connectivity index (χ2v) is 8.28. The first-order valence-corrected chi connectivity index (χ1v) is 9.77. The lowest BCUT2D eigenvalue weighted by atomic mass is 9.87. The van der Waals surface area contributed by atoms with Crippen LogP contribution < -0.4 is 5.32 Å². The van der Waals surface area contributed by atoms with Crippen LogP contribution in [0.5, 0.6) is 0 Å². The minimum Gasteiger partial charge on any atom is -0.322 e. The van der Waals surface area contributed by atoms with Gasteiger partial charge in [-0.3, -0.25) is 9.78 Å². The zero-order valence-corrected chi connectivity index (χ0v) is 16.9. The minimum absolute atomic E-state index is 0.0932. The van der Waals surface area contributed by atoms with Gasteiger partial charge >= 0.3 is 0 Å². The summed E-state index contributed by atoms with van der Waals surface area (Å²) in [5.74, 6) is -0.114. The van der Waals surface area contributed by atoms with Crippen LogP contribution in [0.15, 0.2) is 85.1 Å². The Bertz CT molecular complexity index is 1150. The van der Waals surface area contributed by atoms with Crippen LogP contribution in [0, 0.1) is 0 Å². The van der Waals surface area contributed by atoms with Gasteiger partial charge in [-0.25, -0.2) is 0 Å². The molecule has 0 aliphatic carbocycles. The molecule has 0 spiro atoms. The van der Waals surface area contributed by atoms with Crippen molar-refractivity contribution >= 4 is 22.5 Å². The standard InChI is InChI=1S/C26H24N2O/c1-26(2,3)22-12-14-23(15-13-22)28-25(29)19-10-8-18(9-11-19)21-16-20-6-4-5-7-24(20)27-17-21/h4-17H,1-3H3,(H,28,29). The first-order chi connectivity index (χ1) is 13.9. The smallest absolute Gasteiger partial charge is 0.255 e. The number of carbonyl (C=O) groups excluding carboxylic acids is 1. The number of nitrogens with zero attached hydrogens (tertiary/aromatic N) is 1. The number of hydrogen-bond donors (Lipinski definition) is 1. The second-order valence-electron chi connectivity index (χ2n) is 8.28. The average Bonchev–Trinajstić information content (AvgIpc) is 2.73. The fourth-order valence-electron chi connectivity index (χ4n) is 3.30. The van der Waals surface area contributed by atoms with E-state index >= 15 is 0 Å². The number of hydrogen-bond acceptors (Lipinski definition) is 2. The summed E-state index contributed by atoms with van der Waals surface area (Å²) in [6, 6.07) is 25.8. The summed E-state index contributed by atoms with van der Waals surface area (Å²) in [5.41, 5.74) is 5.81. The number of aromatic nitrogens is 1. The van der Waals surface area contributed by atoms with E-state index in [0.717, 1.165) is 27.7 Å². The number of carbonyl (C=O) groups is 1.